The van der Waals surface area contributed by atoms with Crippen LogP contribution in [0.5, 0.6) is 17.2 Å². The predicted molar refractivity (Wildman–Crippen MR) is 171 cm³/mol. The lowest BCUT2D eigenvalue weighted by Crippen LogP contribution is -2.49. The first-order valence-electron chi connectivity index (χ1n) is 15.1. The van der Waals surface area contributed by atoms with Crippen molar-refractivity contribution < 1.29 is 27.1 Å². The van der Waals surface area contributed by atoms with E-state index in [9.17, 15) is 8.42 Å². The van der Waals surface area contributed by atoms with Crippen molar-refractivity contribution in [2.24, 2.45) is 4.99 Å². The lowest BCUT2D eigenvalue weighted by Gasteiger charge is -2.42. The van der Waals surface area contributed by atoms with Gasteiger partial charge in [0.15, 0.2) is 14.9 Å². The number of rotatable bonds is 13. The van der Waals surface area contributed by atoms with Crippen molar-refractivity contribution in [3.05, 3.63) is 54.4 Å². The van der Waals surface area contributed by atoms with E-state index in [0.29, 0.717) is 52.9 Å². The maximum atomic E-state index is 11.8. The lowest BCUT2D eigenvalue weighted by molar-refractivity contribution is 0.131. The Bertz CT molecular complexity index is 1540. The van der Waals surface area contributed by atoms with E-state index in [-0.39, 0.29) is 17.2 Å². The molecule has 1 aliphatic heterocycles. The van der Waals surface area contributed by atoms with E-state index in [1.54, 1.807) is 6.07 Å². The number of sulfone groups is 1. The summed E-state index contributed by atoms with van der Waals surface area (Å²) in [5, 5.41) is -0.00251. The molecule has 0 unspecified atom stereocenters. The van der Waals surface area contributed by atoms with Crippen LogP contribution in [0, 0.1) is 0 Å². The number of aliphatic imine (C=N–C) groups is 1. The van der Waals surface area contributed by atoms with Crippen LogP contribution >= 0.6 is 0 Å². The Kier molecular flexibility index (Phi) is 9.06. The molecule has 1 aromatic carbocycles. The Labute approximate surface area is 256 Å². The number of benzene rings is 1. The molecule has 0 amide bonds. The highest BCUT2D eigenvalue weighted by molar-refractivity contribution is 7.90. The first-order chi connectivity index (χ1) is 20.3. The molecule has 3 aromatic rings. The highest BCUT2D eigenvalue weighted by Gasteiger charge is 2.45. The third-order valence-electron chi connectivity index (χ3n) is 8.20. The van der Waals surface area contributed by atoms with E-state index in [0.717, 1.165) is 36.0 Å². The van der Waals surface area contributed by atoms with Gasteiger partial charge in [-0.2, -0.15) is 0 Å². The van der Waals surface area contributed by atoms with Gasteiger partial charge in [0.05, 0.1) is 25.5 Å². The Morgan fingerprint density at radius 3 is 2.21 bits per heavy atom. The maximum absolute atomic E-state index is 11.8. The summed E-state index contributed by atoms with van der Waals surface area (Å²) >= 11 is 0. The summed E-state index contributed by atoms with van der Waals surface area (Å²) in [6, 6.07) is 12.7. The molecule has 2 aromatic heterocycles. The standard InChI is InChI=1S/C32H43N3O6SSi/c1-20(2)43(21(3)4,22(5)6)38-19-28-18-34-32(41-28)30-12-11-29(35-30)23-14-26(39-24-8-9-24)16-27(15-23)40-25-10-13-31(33-17-25)42(7,36)37/h10-17,20-22,24,28,35H,8-9,18-19H2,1-7H3/t28-/m1/s1. The molecule has 0 spiro atoms. The van der Waals surface area contributed by atoms with Crippen molar-refractivity contribution >= 4 is 24.1 Å². The monoisotopic (exact) mass is 625 g/mol. The molecular formula is C32H43N3O6SSi. The molecule has 0 saturated heterocycles. The van der Waals surface area contributed by atoms with Crippen molar-refractivity contribution in [3.8, 4) is 28.5 Å². The highest BCUT2D eigenvalue weighted by Crippen LogP contribution is 2.42. The SMILES string of the molecule is CC(C)[Si](OC[C@H]1CN=C(c2ccc(-c3cc(Oc4ccc(S(C)(=O)=O)nc4)cc(OC4CC4)c3)[nH]2)O1)(C(C)C)C(C)C. The third kappa shape index (κ3) is 7.16. The van der Waals surface area contributed by atoms with Crippen LogP contribution in [0.3, 0.4) is 0 Å². The van der Waals surface area contributed by atoms with Gasteiger partial charge in [-0.25, -0.2) is 18.4 Å². The Morgan fingerprint density at radius 1 is 0.930 bits per heavy atom. The van der Waals surface area contributed by atoms with Gasteiger partial charge in [0.2, 0.25) is 14.2 Å². The van der Waals surface area contributed by atoms with Gasteiger partial charge < -0.3 is 23.6 Å². The summed E-state index contributed by atoms with van der Waals surface area (Å²) in [5.41, 5.74) is 4.07. The van der Waals surface area contributed by atoms with Crippen LogP contribution in [0.15, 0.2) is 58.7 Å². The van der Waals surface area contributed by atoms with Crippen molar-refractivity contribution in [3.63, 3.8) is 0 Å². The molecule has 1 fully saturated rings. The molecule has 2 aliphatic rings. The van der Waals surface area contributed by atoms with Gasteiger partial charge in [0, 0.05) is 23.6 Å². The van der Waals surface area contributed by atoms with Crippen molar-refractivity contribution in [1.82, 2.24) is 9.97 Å². The van der Waals surface area contributed by atoms with Crippen LogP contribution < -0.4 is 9.47 Å². The molecule has 1 atom stereocenters. The van der Waals surface area contributed by atoms with Crippen LogP contribution in [-0.2, 0) is 19.0 Å². The van der Waals surface area contributed by atoms with E-state index in [1.807, 2.05) is 30.3 Å². The number of pyridine rings is 1. The van der Waals surface area contributed by atoms with E-state index < -0.39 is 18.2 Å². The molecule has 3 heterocycles. The lowest BCUT2D eigenvalue weighted by atomic mass is 10.1. The summed E-state index contributed by atoms with van der Waals surface area (Å²) in [7, 11) is -5.38. The second-order valence-corrected chi connectivity index (χ2v) is 19.9. The number of aromatic amines is 1. The smallest absolute Gasteiger partial charge is 0.233 e. The fourth-order valence-corrected chi connectivity index (χ4v) is 12.1. The number of ether oxygens (including phenoxy) is 3. The number of nitrogens with one attached hydrogen (secondary N) is 1. The minimum atomic E-state index is -3.39. The van der Waals surface area contributed by atoms with Crippen molar-refractivity contribution in [1.29, 1.82) is 0 Å². The number of H-pyrrole nitrogens is 1. The van der Waals surface area contributed by atoms with Crippen molar-refractivity contribution in [2.45, 2.75) is 88.2 Å². The average molecular weight is 626 g/mol. The molecule has 9 nitrogen and oxygen atoms in total. The quantitative estimate of drug-likeness (QED) is 0.201. The van der Waals surface area contributed by atoms with Gasteiger partial charge in [-0.1, -0.05) is 41.5 Å². The normalized spacial score (nSPS) is 17.4. The van der Waals surface area contributed by atoms with Crippen LogP contribution in [0.25, 0.3) is 11.3 Å². The molecule has 1 aliphatic carbocycles. The van der Waals surface area contributed by atoms with Crippen LogP contribution in [-0.4, -0.2) is 64.2 Å². The zero-order valence-electron chi connectivity index (χ0n) is 26.1. The van der Waals surface area contributed by atoms with Crippen LogP contribution in [0.1, 0.15) is 60.1 Å². The molecule has 5 rings (SSSR count). The zero-order chi connectivity index (χ0) is 30.9. The molecule has 0 radical (unpaired) electrons. The first kappa shape index (κ1) is 31.3. The van der Waals surface area contributed by atoms with Gasteiger partial charge in [0.1, 0.15) is 29.0 Å². The Balaban J connectivity index is 1.30. The molecule has 1 N–H and O–H groups in total. The van der Waals surface area contributed by atoms with E-state index in [1.165, 1.54) is 12.3 Å². The predicted octanol–water partition coefficient (Wildman–Crippen LogP) is 7.15. The van der Waals surface area contributed by atoms with Gasteiger partial charge >= 0.3 is 0 Å². The Hall–Kier alpha value is -3.15. The van der Waals surface area contributed by atoms with Gasteiger partial charge in [-0.05, 0) is 65.9 Å². The number of hydrogen-bond donors (Lipinski definition) is 1. The first-order valence-corrected chi connectivity index (χ1v) is 19.1. The van der Waals surface area contributed by atoms with Crippen LogP contribution in [0.2, 0.25) is 16.6 Å². The summed E-state index contributed by atoms with van der Waals surface area (Å²) in [6.07, 6.45) is 4.69. The largest absolute Gasteiger partial charge is 0.490 e. The Morgan fingerprint density at radius 2 is 1.60 bits per heavy atom. The summed E-state index contributed by atoms with van der Waals surface area (Å²) in [6.45, 7) is 14.8. The number of aromatic nitrogens is 2. The zero-order valence-corrected chi connectivity index (χ0v) is 27.9. The fraction of sp³-hybridized carbons (Fsp3) is 0.500. The highest BCUT2D eigenvalue weighted by atomic mass is 32.2. The summed E-state index contributed by atoms with van der Waals surface area (Å²) in [5.74, 6) is 2.27. The fourth-order valence-electron chi connectivity index (χ4n) is 6.09. The molecule has 1 saturated carbocycles. The molecule has 232 valence electrons. The second kappa shape index (κ2) is 12.5. The minimum Gasteiger partial charge on any atom is -0.490 e. The van der Waals surface area contributed by atoms with E-state index in [4.69, 9.17) is 23.6 Å². The molecular weight excluding hydrogens is 583 g/mol. The van der Waals surface area contributed by atoms with Crippen molar-refractivity contribution in [2.75, 3.05) is 19.4 Å². The summed E-state index contributed by atoms with van der Waals surface area (Å²) in [4.78, 5) is 12.2. The number of hydrogen-bond acceptors (Lipinski definition) is 8. The molecule has 43 heavy (non-hydrogen) atoms. The van der Waals surface area contributed by atoms with E-state index >= 15 is 0 Å². The minimum absolute atomic E-state index is 0.00251. The third-order valence-corrected chi connectivity index (χ3v) is 15.3. The van der Waals surface area contributed by atoms with Gasteiger partial charge in [-0.3, -0.25) is 0 Å². The molecule has 11 heteroatoms. The number of nitrogens with zero attached hydrogens (tertiary/aromatic N) is 2. The van der Waals surface area contributed by atoms with Gasteiger partial charge in [0.25, 0.3) is 0 Å². The maximum Gasteiger partial charge on any atom is 0.233 e. The van der Waals surface area contributed by atoms with Crippen LogP contribution in [0.4, 0.5) is 0 Å². The molecule has 0 bridgehead atoms. The van der Waals surface area contributed by atoms with E-state index in [2.05, 4.69) is 51.5 Å². The topological polar surface area (TPSA) is 112 Å². The van der Waals surface area contributed by atoms with Gasteiger partial charge in [-0.15, -0.1) is 0 Å². The summed E-state index contributed by atoms with van der Waals surface area (Å²) < 4.78 is 48.7. The average Bonchev–Trinajstić information content (AvgIpc) is 3.40. The second-order valence-electron chi connectivity index (χ2n) is 12.5.